The summed E-state index contributed by atoms with van der Waals surface area (Å²) in [4.78, 5) is 29.4. The number of anilines is 1. The Balaban J connectivity index is 0.00000108. The van der Waals surface area contributed by atoms with E-state index in [4.69, 9.17) is 30.5 Å². The Kier molecular flexibility index (Phi) is 11.3. The van der Waals surface area contributed by atoms with Crippen LogP contribution in [-0.2, 0) is 22.6 Å². The number of carboxylic acid groups (broad SMARTS) is 1. The number of carbonyl (C=O) groups excluding carboxylic acids is 1. The first-order valence-electron chi connectivity index (χ1n) is 12.8. The van der Waals surface area contributed by atoms with Crippen molar-refractivity contribution in [3.63, 3.8) is 0 Å². The minimum atomic E-state index is -0.833. The number of imidazole rings is 1. The highest BCUT2D eigenvalue weighted by molar-refractivity contribution is 5.95. The number of aliphatic carboxylic acids is 1. The van der Waals surface area contributed by atoms with E-state index in [1.54, 1.807) is 50.0 Å². The average molecular weight is 559 g/mol. The highest BCUT2D eigenvalue weighted by Gasteiger charge is 2.22. The summed E-state index contributed by atoms with van der Waals surface area (Å²) in [5, 5.41) is 21.3. The summed E-state index contributed by atoms with van der Waals surface area (Å²) in [5.74, 6) is 0.0578. The fourth-order valence-electron chi connectivity index (χ4n) is 3.78. The van der Waals surface area contributed by atoms with E-state index in [0.717, 1.165) is 18.2 Å². The Morgan fingerprint density at radius 2 is 1.78 bits per heavy atom. The Morgan fingerprint density at radius 3 is 2.39 bits per heavy atom. The zero-order chi connectivity index (χ0) is 29.6. The predicted octanol–water partition coefficient (Wildman–Crippen LogP) is 3.88. The maximum atomic E-state index is 13.3. The summed E-state index contributed by atoms with van der Waals surface area (Å²) >= 11 is 0. The van der Waals surface area contributed by atoms with Crippen molar-refractivity contribution in [2.24, 2.45) is 5.73 Å². The molecule has 11 heteroatoms. The highest BCUT2D eigenvalue weighted by Crippen LogP contribution is 2.32. The largest absolute Gasteiger partial charge is 0.493 e. The summed E-state index contributed by atoms with van der Waals surface area (Å²) in [7, 11) is 1.57. The van der Waals surface area contributed by atoms with Crippen molar-refractivity contribution in [2.45, 2.75) is 26.0 Å². The van der Waals surface area contributed by atoms with Gasteiger partial charge in [-0.1, -0.05) is 36.4 Å². The van der Waals surface area contributed by atoms with Crippen LogP contribution in [0.4, 0.5) is 5.69 Å². The maximum Gasteiger partial charge on any atom is 0.300 e. The van der Waals surface area contributed by atoms with Gasteiger partial charge in [-0.2, -0.15) is 0 Å². The topological polar surface area (TPSA) is 175 Å². The number of rotatable bonds is 12. The number of methoxy groups -OCH3 is 1. The summed E-state index contributed by atoms with van der Waals surface area (Å²) in [6.45, 7) is 1.92. The van der Waals surface area contributed by atoms with E-state index in [1.165, 1.54) is 0 Å². The monoisotopic (exact) mass is 558 g/mol. The van der Waals surface area contributed by atoms with Gasteiger partial charge in [-0.05, 0) is 47.5 Å². The molecule has 0 aliphatic carbocycles. The number of hydrogen-bond acceptors (Lipinski definition) is 7. The van der Waals surface area contributed by atoms with Crippen molar-refractivity contribution in [3.8, 4) is 11.5 Å². The molecule has 0 saturated heterocycles. The van der Waals surface area contributed by atoms with E-state index >= 15 is 0 Å². The molecule has 214 valence electrons. The van der Waals surface area contributed by atoms with Crippen LogP contribution < -0.4 is 25.8 Å². The summed E-state index contributed by atoms with van der Waals surface area (Å²) in [5.41, 5.74) is 9.57. The van der Waals surface area contributed by atoms with Crippen LogP contribution in [0.15, 0.2) is 85.3 Å². The van der Waals surface area contributed by atoms with Crippen LogP contribution in [0.2, 0.25) is 0 Å². The second-order valence-electron chi connectivity index (χ2n) is 8.89. The van der Waals surface area contributed by atoms with Crippen LogP contribution in [0.25, 0.3) is 0 Å². The molecular weight excluding hydrogens is 524 g/mol. The lowest BCUT2D eigenvalue weighted by atomic mass is 10.0. The molecule has 0 unspecified atom stereocenters. The number of ether oxygens (including phenoxy) is 2. The first-order valence-corrected chi connectivity index (χ1v) is 12.8. The van der Waals surface area contributed by atoms with Crippen LogP contribution in [-0.4, -0.2) is 46.4 Å². The first-order chi connectivity index (χ1) is 19.8. The average Bonchev–Trinajstić information content (AvgIpc) is 3.49. The van der Waals surface area contributed by atoms with Gasteiger partial charge in [0.2, 0.25) is 5.91 Å². The fourth-order valence-corrected chi connectivity index (χ4v) is 3.78. The van der Waals surface area contributed by atoms with Gasteiger partial charge in [0.15, 0.2) is 11.5 Å². The van der Waals surface area contributed by atoms with Gasteiger partial charge in [-0.15, -0.1) is 0 Å². The minimum Gasteiger partial charge on any atom is -0.493 e. The lowest BCUT2D eigenvalue weighted by molar-refractivity contribution is -0.134. The molecule has 1 amide bonds. The maximum absolute atomic E-state index is 13.3. The number of nitrogens with one attached hydrogen (secondary N) is 4. The molecule has 0 aliphatic rings. The number of nitrogens with zero attached hydrogens (tertiary/aromatic N) is 1. The van der Waals surface area contributed by atoms with Gasteiger partial charge in [0, 0.05) is 43.0 Å². The Hall–Kier alpha value is -5.32. The number of amidine groups is 1. The number of H-pyrrole nitrogens is 1. The second kappa shape index (κ2) is 15.3. The highest BCUT2D eigenvalue weighted by atomic mass is 16.5. The summed E-state index contributed by atoms with van der Waals surface area (Å²) in [6, 6.07) is 21.7. The van der Waals surface area contributed by atoms with E-state index < -0.39 is 12.0 Å². The predicted molar refractivity (Wildman–Crippen MR) is 156 cm³/mol. The van der Waals surface area contributed by atoms with Gasteiger partial charge in [0.25, 0.3) is 5.97 Å². The first kappa shape index (κ1) is 30.2. The summed E-state index contributed by atoms with van der Waals surface area (Å²) < 4.78 is 11.6. The van der Waals surface area contributed by atoms with Crippen molar-refractivity contribution in [1.29, 1.82) is 5.41 Å². The minimum absolute atomic E-state index is 0.0181. The molecule has 0 fully saturated rings. The van der Waals surface area contributed by atoms with Gasteiger partial charge in [-0.3, -0.25) is 15.0 Å². The molecule has 0 saturated carbocycles. The quantitative estimate of drug-likeness (QED) is 0.112. The Morgan fingerprint density at radius 1 is 1.07 bits per heavy atom. The number of nitrogen functional groups attached to an aromatic ring is 1. The molecular formula is C30H34N6O5. The standard InChI is InChI=1S/C28H30N6O3.C2H4O2/c1-36-25-15-21(9-12-24(25)37-17-19-5-3-2-4-6-19)26(28(35)32-14-13-23-16-31-18-33-23)34-22-10-7-20(8-11-22)27(29)30;1-2(3)4/h2-12,15-16,18,26,34H,13-14,17H2,1H3,(H3,29,30)(H,31,33)(H,32,35);1H3,(H,3,4)/t26-;/m1./s1. The smallest absolute Gasteiger partial charge is 0.300 e. The molecule has 41 heavy (non-hydrogen) atoms. The van der Waals surface area contributed by atoms with E-state index in [2.05, 4.69) is 20.6 Å². The Labute approximate surface area is 238 Å². The van der Waals surface area contributed by atoms with Crippen molar-refractivity contribution in [3.05, 3.63) is 108 Å². The van der Waals surface area contributed by atoms with E-state index in [1.807, 2.05) is 42.5 Å². The molecule has 4 aromatic rings. The molecule has 4 rings (SSSR count). The number of aromatic amines is 1. The van der Waals surface area contributed by atoms with Crippen molar-refractivity contribution in [2.75, 3.05) is 19.0 Å². The van der Waals surface area contributed by atoms with Gasteiger partial charge in [-0.25, -0.2) is 4.98 Å². The van der Waals surface area contributed by atoms with E-state index in [0.29, 0.717) is 47.9 Å². The molecule has 0 bridgehead atoms. The number of carboxylic acids is 1. The molecule has 7 N–H and O–H groups in total. The second-order valence-corrected chi connectivity index (χ2v) is 8.89. The van der Waals surface area contributed by atoms with Crippen LogP contribution in [0.3, 0.4) is 0 Å². The van der Waals surface area contributed by atoms with Crippen molar-refractivity contribution < 1.29 is 24.2 Å². The van der Waals surface area contributed by atoms with Gasteiger partial charge in [0.1, 0.15) is 18.5 Å². The number of aromatic nitrogens is 2. The van der Waals surface area contributed by atoms with E-state index in [9.17, 15) is 4.79 Å². The number of amides is 1. The molecule has 0 spiro atoms. The Bertz CT molecular complexity index is 1410. The zero-order valence-corrected chi connectivity index (χ0v) is 22.9. The number of benzene rings is 3. The molecule has 0 radical (unpaired) electrons. The molecule has 11 nitrogen and oxygen atoms in total. The number of carbonyl (C=O) groups is 2. The van der Waals surface area contributed by atoms with Gasteiger partial charge >= 0.3 is 0 Å². The number of hydrogen-bond donors (Lipinski definition) is 6. The van der Waals surface area contributed by atoms with E-state index in [-0.39, 0.29) is 11.7 Å². The summed E-state index contributed by atoms with van der Waals surface area (Å²) in [6.07, 6.45) is 3.97. The zero-order valence-electron chi connectivity index (χ0n) is 22.9. The fraction of sp³-hybridized carbons (Fsp3) is 0.200. The lowest BCUT2D eigenvalue weighted by Crippen LogP contribution is -2.34. The molecule has 3 aromatic carbocycles. The third-order valence-electron chi connectivity index (χ3n) is 5.78. The van der Waals surface area contributed by atoms with Crippen LogP contribution >= 0.6 is 0 Å². The lowest BCUT2D eigenvalue weighted by Gasteiger charge is -2.21. The molecule has 1 atom stereocenters. The normalized spacial score (nSPS) is 10.9. The van der Waals surface area contributed by atoms with Crippen LogP contribution in [0.5, 0.6) is 11.5 Å². The van der Waals surface area contributed by atoms with Crippen LogP contribution in [0, 0.1) is 5.41 Å². The van der Waals surface area contributed by atoms with Crippen molar-refractivity contribution in [1.82, 2.24) is 15.3 Å². The van der Waals surface area contributed by atoms with Crippen molar-refractivity contribution >= 4 is 23.4 Å². The van der Waals surface area contributed by atoms with Gasteiger partial charge < -0.3 is 35.9 Å². The SMILES string of the molecule is CC(=O)O.COc1cc([C@@H](Nc2ccc(C(=N)N)cc2)C(=O)NCCc2cnc[nH]2)ccc1OCc1ccccc1. The third-order valence-corrected chi connectivity index (χ3v) is 5.78. The third kappa shape index (κ3) is 9.74. The molecule has 1 aromatic heterocycles. The molecule has 1 heterocycles. The van der Waals surface area contributed by atoms with Crippen LogP contribution in [0.1, 0.15) is 35.3 Å². The molecule has 0 aliphatic heterocycles. The van der Waals surface area contributed by atoms with Gasteiger partial charge in [0.05, 0.1) is 13.4 Å². The number of nitrogens with two attached hydrogens (primary N) is 1.